The summed E-state index contributed by atoms with van der Waals surface area (Å²) in [5.41, 5.74) is 1.91. The number of piperidine rings is 1. The number of carbonyl (C=O) groups is 1. The highest BCUT2D eigenvalue weighted by atomic mass is 16.5. The normalized spacial score (nSPS) is 19.3. The zero-order chi connectivity index (χ0) is 21.5. The number of esters is 1. The maximum absolute atomic E-state index is 13.1. The van der Waals surface area contributed by atoms with Crippen LogP contribution >= 0.6 is 0 Å². The average molecular weight is 419 g/mol. The molecule has 6 nitrogen and oxygen atoms in total. The van der Waals surface area contributed by atoms with Crippen molar-refractivity contribution in [2.45, 2.75) is 39.2 Å². The van der Waals surface area contributed by atoms with E-state index in [1.807, 2.05) is 35.9 Å². The summed E-state index contributed by atoms with van der Waals surface area (Å²) in [7, 11) is 0. The van der Waals surface area contributed by atoms with Crippen LogP contribution in [0.5, 0.6) is 0 Å². The lowest BCUT2D eigenvalue weighted by atomic mass is 9.75. The summed E-state index contributed by atoms with van der Waals surface area (Å²) >= 11 is 0. The third kappa shape index (κ3) is 5.02. The van der Waals surface area contributed by atoms with Gasteiger partial charge < -0.3 is 4.74 Å². The van der Waals surface area contributed by atoms with Crippen molar-refractivity contribution in [1.29, 1.82) is 0 Å². The van der Waals surface area contributed by atoms with Crippen LogP contribution in [0, 0.1) is 5.41 Å². The van der Waals surface area contributed by atoms with Crippen LogP contribution in [0.2, 0.25) is 0 Å². The van der Waals surface area contributed by atoms with Crippen LogP contribution in [0.25, 0.3) is 5.95 Å². The Bertz CT molecular complexity index is 973. The van der Waals surface area contributed by atoms with Gasteiger partial charge in [0.1, 0.15) is 0 Å². The van der Waals surface area contributed by atoms with Crippen LogP contribution in [0.4, 0.5) is 0 Å². The van der Waals surface area contributed by atoms with E-state index in [9.17, 15) is 4.79 Å². The molecule has 0 N–H and O–H groups in total. The molecule has 2 aromatic heterocycles. The van der Waals surface area contributed by atoms with E-state index in [4.69, 9.17) is 4.74 Å². The first-order valence-corrected chi connectivity index (χ1v) is 11.1. The van der Waals surface area contributed by atoms with Gasteiger partial charge in [-0.05, 0) is 62.9 Å². The molecule has 1 atom stereocenters. The van der Waals surface area contributed by atoms with Gasteiger partial charge in [0.2, 0.25) is 5.95 Å². The molecule has 1 fully saturated rings. The molecular weight excluding hydrogens is 388 g/mol. The van der Waals surface area contributed by atoms with Crippen molar-refractivity contribution in [3.63, 3.8) is 0 Å². The number of rotatable bonds is 8. The summed E-state index contributed by atoms with van der Waals surface area (Å²) in [6.45, 7) is 4.72. The van der Waals surface area contributed by atoms with Crippen LogP contribution < -0.4 is 0 Å². The standard InChI is InChI=1S/C25H30N4O2/c1-2-31-23(30)25(14-12-21-9-4-3-5-10-21)13-7-17-28(20-25)19-22-11-6-18-29(22)24-26-15-8-16-27-24/h3-6,8-11,15-16,18H,2,7,12-14,17,19-20H2,1H3/t25-/m1/s1. The fourth-order valence-corrected chi connectivity index (χ4v) is 4.53. The fourth-order valence-electron chi connectivity index (χ4n) is 4.53. The van der Waals surface area contributed by atoms with E-state index >= 15 is 0 Å². The molecule has 0 amide bonds. The predicted molar refractivity (Wildman–Crippen MR) is 120 cm³/mol. The largest absolute Gasteiger partial charge is 0.466 e. The monoisotopic (exact) mass is 418 g/mol. The van der Waals surface area contributed by atoms with E-state index in [-0.39, 0.29) is 5.97 Å². The molecule has 1 aliphatic rings. The quantitative estimate of drug-likeness (QED) is 0.517. The number of likely N-dealkylation sites (tertiary alicyclic amines) is 1. The second-order valence-corrected chi connectivity index (χ2v) is 8.22. The maximum Gasteiger partial charge on any atom is 0.313 e. The lowest BCUT2D eigenvalue weighted by Gasteiger charge is -2.41. The Balaban J connectivity index is 1.51. The summed E-state index contributed by atoms with van der Waals surface area (Å²) in [5.74, 6) is 0.609. The second kappa shape index (κ2) is 9.88. The lowest BCUT2D eigenvalue weighted by molar-refractivity contribution is -0.160. The molecule has 0 unspecified atom stereocenters. The minimum Gasteiger partial charge on any atom is -0.466 e. The van der Waals surface area contributed by atoms with Gasteiger partial charge >= 0.3 is 5.97 Å². The zero-order valence-electron chi connectivity index (χ0n) is 18.1. The van der Waals surface area contributed by atoms with Crippen LogP contribution in [-0.2, 0) is 22.5 Å². The molecule has 0 bridgehead atoms. The Morgan fingerprint density at radius 2 is 1.90 bits per heavy atom. The van der Waals surface area contributed by atoms with Gasteiger partial charge in [-0.3, -0.25) is 14.3 Å². The van der Waals surface area contributed by atoms with Crippen molar-refractivity contribution in [2.75, 3.05) is 19.7 Å². The van der Waals surface area contributed by atoms with Gasteiger partial charge in [-0.15, -0.1) is 0 Å². The Labute approximate surface area is 183 Å². The van der Waals surface area contributed by atoms with Crippen molar-refractivity contribution in [3.05, 3.63) is 78.4 Å². The van der Waals surface area contributed by atoms with E-state index < -0.39 is 5.41 Å². The summed E-state index contributed by atoms with van der Waals surface area (Å²) in [4.78, 5) is 24.2. The molecule has 1 aromatic carbocycles. The number of aryl methyl sites for hydroxylation is 1. The Kier molecular flexibility index (Phi) is 6.77. The zero-order valence-corrected chi connectivity index (χ0v) is 18.1. The van der Waals surface area contributed by atoms with Crippen LogP contribution in [-0.4, -0.2) is 45.1 Å². The van der Waals surface area contributed by atoms with Gasteiger partial charge in [0.05, 0.1) is 12.0 Å². The van der Waals surface area contributed by atoms with Gasteiger partial charge in [0.25, 0.3) is 0 Å². The van der Waals surface area contributed by atoms with Crippen molar-refractivity contribution < 1.29 is 9.53 Å². The SMILES string of the molecule is CCOC(=O)[C@@]1(CCc2ccccc2)CCCN(Cc2cccn2-c2ncccn2)C1. The first kappa shape index (κ1) is 21.2. The number of hydrogen-bond donors (Lipinski definition) is 0. The first-order chi connectivity index (χ1) is 15.2. The Morgan fingerprint density at radius 1 is 1.10 bits per heavy atom. The van der Waals surface area contributed by atoms with Gasteiger partial charge in [0.15, 0.2) is 0 Å². The van der Waals surface area contributed by atoms with Crippen LogP contribution in [0.3, 0.4) is 0 Å². The lowest BCUT2D eigenvalue weighted by Crippen LogP contribution is -2.48. The van der Waals surface area contributed by atoms with Gasteiger partial charge in [-0.1, -0.05) is 30.3 Å². The maximum atomic E-state index is 13.1. The molecule has 31 heavy (non-hydrogen) atoms. The van der Waals surface area contributed by atoms with Crippen molar-refractivity contribution in [3.8, 4) is 5.95 Å². The summed E-state index contributed by atoms with van der Waals surface area (Å²) in [6, 6.07) is 16.3. The molecular formula is C25H30N4O2. The van der Waals surface area contributed by atoms with E-state index in [1.54, 1.807) is 12.4 Å². The smallest absolute Gasteiger partial charge is 0.313 e. The predicted octanol–water partition coefficient (Wildman–Crippen LogP) is 4.05. The average Bonchev–Trinajstić information content (AvgIpc) is 3.27. The van der Waals surface area contributed by atoms with E-state index in [0.29, 0.717) is 19.1 Å². The van der Waals surface area contributed by atoms with Crippen molar-refractivity contribution in [2.24, 2.45) is 5.41 Å². The first-order valence-electron chi connectivity index (χ1n) is 11.1. The number of ether oxygens (including phenoxy) is 1. The van der Waals surface area contributed by atoms with E-state index in [2.05, 4.69) is 45.2 Å². The molecule has 6 heteroatoms. The summed E-state index contributed by atoms with van der Waals surface area (Å²) in [6.07, 6.45) is 9.03. The summed E-state index contributed by atoms with van der Waals surface area (Å²) in [5, 5.41) is 0. The fraction of sp³-hybridized carbons (Fsp3) is 0.400. The topological polar surface area (TPSA) is 60.2 Å². The molecule has 0 aliphatic carbocycles. The molecule has 0 radical (unpaired) electrons. The number of nitrogens with zero attached hydrogens (tertiary/aromatic N) is 4. The highest BCUT2D eigenvalue weighted by molar-refractivity contribution is 5.77. The highest BCUT2D eigenvalue weighted by Gasteiger charge is 2.43. The summed E-state index contributed by atoms with van der Waals surface area (Å²) < 4.78 is 7.58. The minimum absolute atomic E-state index is 0.0580. The van der Waals surface area contributed by atoms with Gasteiger partial charge in [0, 0.05) is 37.4 Å². The number of carbonyl (C=O) groups excluding carboxylic acids is 1. The molecule has 4 rings (SSSR count). The molecule has 1 aliphatic heterocycles. The molecule has 1 saturated heterocycles. The van der Waals surface area contributed by atoms with Crippen LogP contribution in [0.15, 0.2) is 67.1 Å². The molecule has 0 spiro atoms. The minimum atomic E-state index is -0.467. The number of benzene rings is 1. The van der Waals surface area contributed by atoms with E-state index in [0.717, 1.165) is 44.5 Å². The molecule has 3 aromatic rings. The second-order valence-electron chi connectivity index (χ2n) is 8.22. The highest BCUT2D eigenvalue weighted by Crippen LogP contribution is 2.37. The number of hydrogen-bond acceptors (Lipinski definition) is 5. The molecule has 0 saturated carbocycles. The molecule has 162 valence electrons. The van der Waals surface area contributed by atoms with Gasteiger partial charge in [-0.25, -0.2) is 9.97 Å². The third-order valence-electron chi connectivity index (χ3n) is 6.09. The third-order valence-corrected chi connectivity index (χ3v) is 6.09. The van der Waals surface area contributed by atoms with Crippen molar-refractivity contribution >= 4 is 5.97 Å². The van der Waals surface area contributed by atoms with E-state index in [1.165, 1.54) is 5.56 Å². The molecule has 3 heterocycles. The van der Waals surface area contributed by atoms with Crippen LogP contribution in [0.1, 0.15) is 37.4 Å². The Morgan fingerprint density at radius 3 is 2.68 bits per heavy atom. The number of aromatic nitrogens is 3. The van der Waals surface area contributed by atoms with Gasteiger partial charge in [-0.2, -0.15) is 0 Å². The van der Waals surface area contributed by atoms with Crippen molar-refractivity contribution in [1.82, 2.24) is 19.4 Å². The Hall–Kier alpha value is -2.99.